The first-order valence-electron chi connectivity index (χ1n) is 7.61. The second kappa shape index (κ2) is 6.52. The quantitative estimate of drug-likeness (QED) is 0.931. The molecule has 0 saturated carbocycles. The molecular formula is C17H20N2O4. The molecule has 0 aliphatic carbocycles. The van der Waals surface area contributed by atoms with Gasteiger partial charge in [0.05, 0.1) is 31.4 Å². The van der Waals surface area contributed by atoms with Crippen LogP contribution in [-0.2, 0) is 9.47 Å². The topological polar surface area (TPSA) is 71.9 Å². The van der Waals surface area contributed by atoms with Gasteiger partial charge in [0.15, 0.2) is 0 Å². The molecule has 1 saturated heterocycles. The summed E-state index contributed by atoms with van der Waals surface area (Å²) in [5, 5.41) is 10.5. The van der Waals surface area contributed by atoms with Crippen LogP contribution in [0, 0.1) is 6.92 Å². The van der Waals surface area contributed by atoms with Gasteiger partial charge in [0.2, 0.25) is 0 Å². The van der Waals surface area contributed by atoms with E-state index in [-0.39, 0.29) is 11.7 Å². The van der Waals surface area contributed by atoms with Gasteiger partial charge in [-0.15, -0.1) is 0 Å². The van der Waals surface area contributed by atoms with Gasteiger partial charge in [-0.05, 0) is 18.6 Å². The Bertz CT molecular complexity index is 726. The number of carbonyl (C=O) groups is 1. The molecule has 1 aromatic carbocycles. The van der Waals surface area contributed by atoms with Crippen molar-refractivity contribution < 1.29 is 19.4 Å². The number of carboxylic acid groups (broad SMARTS) is 1. The summed E-state index contributed by atoms with van der Waals surface area (Å²) in [4.78, 5) is 18.2. The average Bonchev–Trinajstić information content (AvgIpc) is 2.55. The van der Waals surface area contributed by atoms with E-state index in [1.54, 1.807) is 0 Å². The molecule has 0 radical (unpaired) electrons. The van der Waals surface area contributed by atoms with Crippen molar-refractivity contribution in [1.82, 2.24) is 4.98 Å². The lowest BCUT2D eigenvalue weighted by Gasteiger charge is -2.29. The van der Waals surface area contributed by atoms with Crippen LogP contribution in [0.2, 0.25) is 0 Å². The SMILES string of the molecule is Cc1c(C(=O)O)c(N(C)CC2COCCO2)nc2ccccc12. The summed E-state index contributed by atoms with van der Waals surface area (Å²) in [7, 11) is 1.83. The number of ether oxygens (including phenoxy) is 2. The number of carboxylic acids is 1. The van der Waals surface area contributed by atoms with E-state index in [9.17, 15) is 9.90 Å². The van der Waals surface area contributed by atoms with E-state index in [4.69, 9.17) is 9.47 Å². The summed E-state index contributed by atoms with van der Waals surface area (Å²) >= 11 is 0. The Kier molecular flexibility index (Phi) is 4.45. The second-order valence-corrected chi connectivity index (χ2v) is 5.71. The molecular weight excluding hydrogens is 296 g/mol. The van der Waals surface area contributed by atoms with Crippen LogP contribution in [0.4, 0.5) is 5.82 Å². The van der Waals surface area contributed by atoms with E-state index < -0.39 is 5.97 Å². The maximum atomic E-state index is 11.8. The van der Waals surface area contributed by atoms with Crippen LogP contribution in [0.15, 0.2) is 24.3 Å². The van der Waals surface area contributed by atoms with E-state index in [1.165, 1.54) is 0 Å². The highest BCUT2D eigenvalue weighted by atomic mass is 16.6. The third kappa shape index (κ3) is 3.13. The number of likely N-dealkylation sites (N-methyl/N-ethyl adjacent to an activating group) is 1. The molecule has 3 rings (SSSR count). The molecule has 6 nitrogen and oxygen atoms in total. The lowest BCUT2D eigenvalue weighted by molar-refractivity contribution is -0.0837. The minimum atomic E-state index is -0.969. The largest absolute Gasteiger partial charge is 0.478 e. The van der Waals surface area contributed by atoms with Crippen molar-refractivity contribution in [2.24, 2.45) is 0 Å². The standard InChI is InChI=1S/C17H20N2O4/c1-11-13-5-3-4-6-14(13)18-16(15(11)17(20)21)19(2)9-12-10-22-7-8-23-12/h3-6,12H,7-10H2,1-2H3,(H,20,21). The zero-order valence-electron chi connectivity index (χ0n) is 13.3. The van der Waals surface area contributed by atoms with Crippen molar-refractivity contribution >= 4 is 22.7 Å². The number of aryl methyl sites for hydroxylation is 1. The highest BCUT2D eigenvalue weighted by Gasteiger charge is 2.23. The number of aromatic carboxylic acids is 1. The number of hydrogen-bond donors (Lipinski definition) is 1. The van der Waals surface area contributed by atoms with Crippen molar-refractivity contribution in [2.45, 2.75) is 13.0 Å². The van der Waals surface area contributed by atoms with Gasteiger partial charge in [0.1, 0.15) is 11.4 Å². The molecule has 1 aliphatic rings. The number of pyridine rings is 1. The first-order valence-corrected chi connectivity index (χ1v) is 7.61. The van der Waals surface area contributed by atoms with Gasteiger partial charge in [-0.2, -0.15) is 0 Å². The molecule has 6 heteroatoms. The normalized spacial score (nSPS) is 18.1. The van der Waals surface area contributed by atoms with E-state index in [1.807, 2.05) is 43.1 Å². The van der Waals surface area contributed by atoms with Crippen molar-refractivity contribution in [2.75, 3.05) is 38.3 Å². The number of para-hydroxylation sites is 1. The number of benzene rings is 1. The van der Waals surface area contributed by atoms with Crippen LogP contribution in [0.5, 0.6) is 0 Å². The maximum absolute atomic E-state index is 11.8. The third-order valence-electron chi connectivity index (χ3n) is 4.07. The maximum Gasteiger partial charge on any atom is 0.339 e. The predicted molar refractivity (Wildman–Crippen MR) is 87.3 cm³/mol. The first kappa shape index (κ1) is 15.7. The number of hydrogen-bond acceptors (Lipinski definition) is 5. The molecule has 1 aromatic heterocycles. The van der Waals surface area contributed by atoms with Crippen LogP contribution in [0.3, 0.4) is 0 Å². The Hall–Kier alpha value is -2.18. The number of fused-ring (bicyclic) bond motifs is 1. The number of rotatable bonds is 4. The molecule has 1 N–H and O–H groups in total. The molecule has 1 aliphatic heterocycles. The lowest BCUT2D eigenvalue weighted by atomic mass is 10.0. The highest BCUT2D eigenvalue weighted by Crippen LogP contribution is 2.28. The summed E-state index contributed by atoms with van der Waals surface area (Å²) in [6.07, 6.45) is -0.0797. The van der Waals surface area contributed by atoms with E-state index >= 15 is 0 Å². The fourth-order valence-corrected chi connectivity index (χ4v) is 2.93. The fourth-order valence-electron chi connectivity index (χ4n) is 2.93. The Morgan fingerprint density at radius 1 is 1.39 bits per heavy atom. The molecule has 1 fully saturated rings. The predicted octanol–water partition coefficient (Wildman–Crippen LogP) is 2.09. The molecule has 0 amide bonds. The molecule has 0 bridgehead atoms. The molecule has 1 unspecified atom stereocenters. The van der Waals surface area contributed by atoms with Gasteiger partial charge in [0.25, 0.3) is 0 Å². The average molecular weight is 316 g/mol. The van der Waals surface area contributed by atoms with Gasteiger partial charge in [-0.3, -0.25) is 0 Å². The monoisotopic (exact) mass is 316 g/mol. The number of anilines is 1. The Balaban J connectivity index is 2.00. The van der Waals surface area contributed by atoms with Gasteiger partial charge in [-0.25, -0.2) is 9.78 Å². The Morgan fingerprint density at radius 3 is 2.87 bits per heavy atom. The molecule has 0 spiro atoms. The number of aromatic nitrogens is 1. The number of nitrogens with zero attached hydrogens (tertiary/aromatic N) is 2. The molecule has 23 heavy (non-hydrogen) atoms. The van der Waals surface area contributed by atoms with Crippen LogP contribution < -0.4 is 4.90 Å². The molecule has 2 heterocycles. The highest BCUT2D eigenvalue weighted by molar-refractivity contribution is 6.01. The summed E-state index contributed by atoms with van der Waals surface area (Å²) < 4.78 is 11.0. The van der Waals surface area contributed by atoms with Crippen LogP contribution >= 0.6 is 0 Å². The third-order valence-corrected chi connectivity index (χ3v) is 4.07. The van der Waals surface area contributed by atoms with Crippen molar-refractivity contribution in [1.29, 1.82) is 0 Å². The summed E-state index contributed by atoms with van der Waals surface area (Å²) in [5.74, 6) is -0.508. The Labute approximate surface area is 134 Å². The van der Waals surface area contributed by atoms with Crippen LogP contribution in [0.25, 0.3) is 10.9 Å². The van der Waals surface area contributed by atoms with Gasteiger partial charge in [0, 0.05) is 19.0 Å². The second-order valence-electron chi connectivity index (χ2n) is 5.71. The van der Waals surface area contributed by atoms with Gasteiger partial charge >= 0.3 is 5.97 Å². The minimum Gasteiger partial charge on any atom is -0.478 e. The smallest absolute Gasteiger partial charge is 0.339 e. The molecule has 2 aromatic rings. The van der Waals surface area contributed by atoms with E-state index in [0.29, 0.717) is 32.2 Å². The first-order chi connectivity index (χ1) is 11.1. The summed E-state index contributed by atoms with van der Waals surface area (Å²) in [6.45, 7) is 4.04. The summed E-state index contributed by atoms with van der Waals surface area (Å²) in [6, 6.07) is 7.58. The molecule has 122 valence electrons. The van der Waals surface area contributed by atoms with E-state index in [0.717, 1.165) is 16.5 Å². The van der Waals surface area contributed by atoms with Crippen molar-refractivity contribution in [3.63, 3.8) is 0 Å². The van der Waals surface area contributed by atoms with Crippen LogP contribution in [0.1, 0.15) is 15.9 Å². The molecule has 1 atom stereocenters. The zero-order valence-corrected chi connectivity index (χ0v) is 13.3. The van der Waals surface area contributed by atoms with Crippen LogP contribution in [-0.4, -0.2) is 55.6 Å². The zero-order chi connectivity index (χ0) is 16.4. The van der Waals surface area contributed by atoms with Crippen molar-refractivity contribution in [3.05, 3.63) is 35.4 Å². The lowest BCUT2D eigenvalue weighted by Crippen LogP contribution is -2.39. The minimum absolute atomic E-state index is 0.0797. The van der Waals surface area contributed by atoms with Gasteiger partial charge in [-0.1, -0.05) is 18.2 Å². The Morgan fingerprint density at radius 2 is 2.17 bits per heavy atom. The van der Waals surface area contributed by atoms with Gasteiger partial charge < -0.3 is 19.5 Å². The van der Waals surface area contributed by atoms with Crippen molar-refractivity contribution in [3.8, 4) is 0 Å². The summed E-state index contributed by atoms with van der Waals surface area (Å²) in [5.41, 5.74) is 1.76. The fraction of sp³-hybridized carbons (Fsp3) is 0.412. The van der Waals surface area contributed by atoms with E-state index in [2.05, 4.69) is 4.98 Å².